The number of hydrazone groups is 1. The Bertz CT molecular complexity index is 740. The smallest absolute Gasteiger partial charge is 0.345 e. The molecule has 120 valence electrons. The number of carboxylic acids is 1. The maximum atomic E-state index is 11.7. The Morgan fingerprint density at radius 3 is 2.48 bits per heavy atom. The third-order valence-corrected chi connectivity index (χ3v) is 4.42. The maximum Gasteiger partial charge on any atom is 0.345 e. The number of hydrogen-bond donors (Lipinski definition) is 2. The van der Waals surface area contributed by atoms with Gasteiger partial charge in [0.15, 0.2) is 6.61 Å². The molecule has 0 saturated carbocycles. The van der Waals surface area contributed by atoms with Crippen molar-refractivity contribution in [3.8, 4) is 5.75 Å². The van der Waals surface area contributed by atoms with Gasteiger partial charge in [0.1, 0.15) is 10.6 Å². The first-order valence-corrected chi connectivity index (χ1v) is 8.11. The Morgan fingerprint density at radius 2 is 1.87 bits per heavy atom. The number of amides is 1. The summed E-state index contributed by atoms with van der Waals surface area (Å²) in [7, 11) is 0. The molecule has 0 bridgehead atoms. The van der Waals surface area contributed by atoms with Crippen LogP contribution in [0, 0.1) is 0 Å². The first-order valence-electron chi connectivity index (χ1n) is 6.50. The third-order valence-electron chi connectivity index (χ3n) is 2.71. The molecule has 1 aromatic heterocycles. The Hall–Kier alpha value is -2.19. The van der Waals surface area contributed by atoms with Crippen LogP contribution in [-0.2, 0) is 4.79 Å². The largest absolute Gasteiger partial charge is 0.484 e. The molecular weight excluding hydrogens is 384 g/mol. The molecule has 0 aliphatic rings. The van der Waals surface area contributed by atoms with Crippen molar-refractivity contribution >= 4 is 44.9 Å². The molecule has 0 aliphatic carbocycles. The average Bonchev–Trinajstić information content (AvgIpc) is 3.02. The van der Waals surface area contributed by atoms with Crippen molar-refractivity contribution in [2.75, 3.05) is 6.61 Å². The van der Waals surface area contributed by atoms with E-state index in [0.29, 0.717) is 16.3 Å². The highest BCUT2D eigenvalue weighted by Gasteiger charge is 2.09. The lowest BCUT2D eigenvalue weighted by Crippen LogP contribution is -2.25. The lowest BCUT2D eigenvalue weighted by Gasteiger charge is -2.05. The molecule has 0 atom stereocenters. The van der Waals surface area contributed by atoms with Gasteiger partial charge in [-0.1, -0.05) is 15.9 Å². The van der Waals surface area contributed by atoms with Gasteiger partial charge < -0.3 is 9.84 Å². The number of halogens is 1. The van der Waals surface area contributed by atoms with E-state index in [2.05, 4.69) is 26.5 Å². The van der Waals surface area contributed by atoms with E-state index >= 15 is 0 Å². The Balaban J connectivity index is 1.86. The Kier molecular flexibility index (Phi) is 5.89. The predicted molar refractivity (Wildman–Crippen MR) is 91.3 cm³/mol. The molecule has 2 N–H and O–H groups in total. The molecule has 2 rings (SSSR count). The summed E-state index contributed by atoms with van der Waals surface area (Å²) in [6.45, 7) is 1.52. The number of ether oxygens (including phenoxy) is 1. The van der Waals surface area contributed by atoms with Crippen molar-refractivity contribution in [1.82, 2.24) is 5.43 Å². The van der Waals surface area contributed by atoms with E-state index in [4.69, 9.17) is 9.84 Å². The van der Waals surface area contributed by atoms with Crippen LogP contribution in [0.15, 0.2) is 46.0 Å². The number of rotatable bonds is 6. The van der Waals surface area contributed by atoms with Crippen molar-refractivity contribution in [2.45, 2.75) is 6.92 Å². The number of carboxylic acid groups (broad SMARTS) is 1. The van der Waals surface area contributed by atoms with Gasteiger partial charge in [0, 0.05) is 4.47 Å². The molecule has 0 saturated heterocycles. The average molecular weight is 397 g/mol. The van der Waals surface area contributed by atoms with Crippen LogP contribution in [0.2, 0.25) is 0 Å². The van der Waals surface area contributed by atoms with Crippen LogP contribution in [-0.4, -0.2) is 29.3 Å². The molecule has 2 aromatic rings. The highest BCUT2D eigenvalue weighted by molar-refractivity contribution is 9.10. The van der Waals surface area contributed by atoms with Gasteiger partial charge in [0.05, 0.1) is 10.6 Å². The standard InChI is InChI=1S/C15H13BrN2O4S/c1-9(12-6-7-13(23-12)15(20)21)17-18-14(19)8-22-11-4-2-10(16)3-5-11/h2-7H,8H2,1H3,(H,18,19)(H,20,21)/b17-9-. The van der Waals surface area contributed by atoms with Crippen LogP contribution in [0.5, 0.6) is 5.75 Å². The van der Waals surface area contributed by atoms with Gasteiger partial charge in [0.2, 0.25) is 0 Å². The fourth-order valence-corrected chi connectivity index (χ4v) is 2.61. The minimum absolute atomic E-state index is 0.163. The second-order valence-electron chi connectivity index (χ2n) is 4.44. The minimum Gasteiger partial charge on any atom is -0.484 e. The van der Waals surface area contributed by atoms with E-state index < -0.39 is 11.9 Å². The van der Waals surface area contributed by atoms with Gasteiger partial charge in [-0.15, -0.1) is 11.3 Å². The summed E-state index contributed by atoms with van der Waals surface area (Å²) in [5, 5.41) is 12.8. The summed E-state index contributed by atoms with van der Waals surface area (Å²) in [5.74, 6) is -0.809. The van der Waals surface area contributed by atoms with Crippen LogP contribution >= 0.6 is 27.3 Å². The number of nitrogens with one attached hydrogen (secondary N) is 1. The van der Waals surface area contributed by atoms with Gasteiger partial charge in [-0.05, 0) is 43.3 Å². The molecule has 0 unspecified atom stereocenters. The molecular formula is C15H13BrN2O4S. The van der Waals surface area contributed by atoms with Crippen molar-refractivity contribution < 1.29 is 19.4 Å². The molecule has 1 heterocycles. The Labute approximate surface area is 144 Å². The summed E-state index contributed by atoms with van der Waals surface area (Å²) >= 11 is 4.41. The third kappa shape index (κ3) is 5.19. The zero-order chi connectivity index (χ0) is 16.8. The van der Waals surface area contributed by atoms with E-state index in [1.165, 1.54) is 6.07 Å². The zero-order valence-electron chi connectivity index (χ0n) is 12.1. The van der Waals surface area contributed by atoms with Crippen molar-refractivity contribution in [3.63, 3.8) is 0 Å². The number of carbonyl (C=O) groups is 2. The van der Waals surface area contributed by atoms with Crippen LogP contribution < -0.4 is 10.2 Å². The number of carbonyl (C=O) groups excluding carboxylic acids is 1. The van der Waals surface area contributed by atoms with E-state index in [0.717, 1.165) is 15.8 Å². The summed E-state index contributed by atoms with van der Waals surface area (Å²) in [4.78, 5) is 23.4. The fraction of sp³-hybridized carbons (Fsp3) is 0.133. The van der Waals surface area contributed by atoms with E-state index in [9.17, 15) is 9.59 Å². The van der Waals surface area contributed by atoms with Crippen molar-refractivity contribution in [2.24, 2.45) is 5.10 Å². The van der Waals surface area contributed by atoms with Crippen molar-refractivity contribution in [1.29, 1.82) is 0 Å². The lowest BCUT2D eigenvalue weighted by atomic mass is 10.3. The van der Waals surface area contributed by atoms with E-state index in [1.54, 1.807) is 25.1 Å². The fourth-order valence-electron chi connectivity index (χ4n) is 1.56. The molecule has 0 spiro atoms. The van der Waals surface area contributed by atoms with Gasteiger partial charge in [-0.3, -0.25) is 4.79 Å². The number of nitrogens with zero attached hydrogens (tertiary/aromatic N) is 1. The number of hydrogen-bond acceptors (Lipinski definition) is 5. The molecule has 1 amide bonds. The maximum absolute atomic E-state index is 11.7. The quantitative estimate of drug-likeness (QED) is 0.579. The number of thiophene rings is 1. The summed E-state index contributed by atoms with van der Waals surface area (Å²) in [6.07, 6.45) is 0. The molecule has 23 heavy (non-hydrogen) atoms. The van der Waals surface area contributed by atoms with Gasteiger partial charge in [0.25, 0.3) is 5.91 Å². The van der Waals surface area contributed by atoms with Crippen LogP contribution in [0.4, 0.5) is 0 Å². The molecule has 6 nitrogen and oxygen atoms in total. The first-order chi connectivity index (χ1) is 11.0. The molecule has 8 heteroatoms. The van der Waals surface area contributed by atoms with Crippen molar-refractivity contribution in [3.05, 3.63) is 50.6 Å². The normalized spacial score (nSPS) is 11.1. The predicted octanol–water partition coefficient (Wildman–Crippen LogP) is 3.13. The summed E-state index contributed by atoms with van der Waals surface area (Å²) in [6, 6.07) is 10.3. The van der Waals surface area contributed by atoms with Crippen LogP contribution in [0.3, 0.4) is 0 Å². The number of aromatic carboxylic acids is 1. The van der Waals surface area contributed by atoms with E-state index in [1.807, 2.05) is 12.1 Å². The van der Waals surface area contributed by atoms with Crippen LogP contribution in [0.25, 0.3) is 0 Å². The van der Waals surface area contributed by atoms with Crippen LogP contribution in [0.1, 0.15) is 21.5 Å². The monoisotopic (exact) mass is 396 g/mol. The highest BCUT2D eigenvalue weighted by Crippen LogP contribution is 2.17. The highest BCUT2D eigenvalue weighted by atomic mass is 79.9. The topological polar surface area (TPSA) is 88.0 Å². The summed E-state index contributed by atoms with van der Waals surface area (Å²) in [5.41, 5.74) is 2.90. The lowest BCUT2D eigenvalue weighted by molar-refractivity contribution is -0.123. The van der Waals surface area contributed by atoms with Gasteiger partial charge >= 0.3 is 5.97 Å². The Morgan fingerprint density at radius 1 is 1.22 bits per heavy atom. The second-order valence-corrected chi connectivity index (χ2v) is 6.44. The van der Waals surface area contributed by atoms with Gasteiger partial charge in [-0.25, -0.2) is 10.2 Å². The minimum atomic E-state index is -0.985. The molecule has 0 radical (unpaired) electrons. The van der Waals surface area contributed by atoms with E-state index in [-0.39, 0.29) is 11.5 Å². The van der Waals surface area contributed by atoms with Gasteiger partial charge in [-0.2, -0.15) is 5.10 Å². The number of benzene rings is 1. The first kappa shape index (κ1) is 17.2. The molecule has 0 fully saturated rings. The molecule has 1 aromatic carbocycles. The zero-order valence-corrected chi connectivity index (χ0v) is 14.5. The molecule has 0 aliphatic heterocycles. The SMILES string of the molecule is C/C(=N/NC(=O)COc1ccc(Br)cc1)c1ccc(C(=O)O)s1. The summed E-state index contributed by atoms with van der Waals surface area (Å²) < 4.78 is 6.24. The second kappa shape index (κ2) is 7.89.